The first-order chi connectivity index (χ1) is 17.4. The number of hydrogen-bond acceptors (Lipinski definition) is 8. The lowest BCUT2D eigenvalue weighted by molar-refractivity contribution is -0.141. The van der Waals surface area contributed by atoms with Crippen LogP contribution in [-0.4, -0.2) is 77.1 Å². The Hall–Kier alpha value is -3.85. The van der Waals surface area contributed by atoms with Gasteiger partial charge in [-0.2, -0.15) is 12.6 Å². The van der Waals surface area contributed by atoms with E-state index in [1.165, 1.54) is 0 Å². The summed E-state index contributed by atoms with van der Waals surface area (Å²) < 4.78 is 0. The number of nitrogens with two attached hydrogens (primary N) is 4. The first-order valence-electron chi connectivity index (χ1n) is 11.3. The Balaban J connectivity index is 3.11. The van der Waals surface area contributed by atoms with E-state index in [1.54, 1.807) is 30.3 Å². The van der Waals surface area contributed by atoms with Crippen LogP contribution in [0.1, 0.15) is 24.8 Å². The molecule has 0 saturated heterocycles. The van der Waals surface area contributed by atoms with Gasteiger partial charge in [-0.25, -0.2) is 4.79 Å². The lowest BCUT2D eigenvalue weighted by atomic mass is 10.0. The second-order valence-corrected chi connectivity index (χ2v) is 8.48. The molecule has 4 amide bonds. The van der Waals surface area contributed by atoms with Gasteiger partial charge >= 0.3 is 5.97 Å². The van der Waals surface area contributed by atoms with E-state index >= 15 is 0 Å². The number of aliphatic imine (C=N–C) groups is 1. The Kier molecular flexibility index (Phi) is 13.5. The lowest BCUT2D eigenvalue weighted by Gasteiger charge is -2.25. The lowest BCUT2D eigenvalue weighted by Crippen LogP contribution is -2.58. The Morgan fingerprint density at radius 2 is 1.46 bits per heavy atom. The van der Waals surface area contributed by atoms with Crippen LogP contribution >= 0.6 is 12.6 Å². The van der Waals surface area contributed by atoms with Gasteiger partial charge in [-0.05, 0) is 18.4 Å². The van der Waals surface area contributed by atoms with Crippen molar-refractivity contribution in [3.8, 4) is 0 Å². The third-order valence-electron chi connectivity index (χ3n) is 5.05. The molecule has 12 N–H and O–H groups in total. The molecule has 0 aliphatic carbocycles. The number of amides is 4. The number of carboxylic acid groups (broad SMARTS) is 1. The van der Waals surface area contributed by atoms with E-state index in [0.29, 0.717) is 5.56 Å². The minimum absolute atomic E-state index is 0.0401. The fraction of sp³-hybridized carbons (Fsp3) is 0.455. The molecule has 0 saturated carbocycles. The van der Waals surface area contributed by atoms with Crippen molar-refractivity contribution in [2.75, 3.05) is 12.3 Å². The van der Waals surface area contributed by atoms with Crippen LogP contribution in [0, 0.1) is 0 Å². The first-order valence-corrected chi connectivity index (χ1v) is 12.0. The standard InChI is InChI=1S/C22H34N8O6S/c23-13(10-17(24)31)18(32)29-15(9-12-5-2-1-3-6-12)20(34)28-14(7-4-8-27-22(25)26)19(33)30-16(11-37)21(35)36/h1-3,5-6,13-16,37H,4,7-11,23H2,(H2,24,31)(H,28,34)(H,29,32)(H,30,33)(H,35,36)(H4,25,26,27). The Labute approximate surface area is 219 Å². The number of hydrogen-bond donors (Lipinski definition) is 9. The third kappa shape index (κ3) is 12.1. The van der Waals surface area contributed by atoms with Crippen LogP contribution in [0.15, 0.2) is 35.3 Å². The van der Waals surface area contributed by atoms with E-state index in [1.807, 2.05) is 0 Å². The highest BCUT2D eigenvalue weighted by Gasteiger charge is 2.30. The molecule has 14 nitrogen and oxygen atoms in total. The number of guanidine groups is 1. The molecule has 0 aliphatic heterocycles. The molecule has 0 aliphatic rings. The number of benzene rings is 1. The van der Waals surface area contributed by atoms with Gasteiger partial charge in [0.2, 0.25) is 23.6 Å². The molecule has 0 spiro atoms. The van der Waals surface area contributed by atoms with Crippen molar-refractivity contribution in [3.05, 3.63) is 35.9 Å². The summed E-state index contributed by atoms with van der Waals surface area (Å²) in [4.78, 5) is 64.9. The number of carbonyl (C=O) groups is 5. The van der Waals surface area contributed by atoms with E-state index < -0.39 is 60.2 Å². The van der Waals surface area contributed by atoms with Crippen molar-refractivity contribution in [1.29, 1.82) is 0 Å². The molecular formula is C22H34N8O6S. The van der Waals surface area contributed by atoms with Crippen molar-refractivity contribution in [3.63, 3.8) is 0 Å². The largest absolute Gasteiger partial charge is 0.480 e. The van der Waals surface area contributed by atoms with Gasteiger partial charge in [-0.15, -0.1) is 0 Å². The van der Waals surface area contributed by atoms with Crippen LogP contribution in [0.4, 0.5) is 0 Å². The third-order valence-corrected chi connectivity index (χ3v) is 5.41. The number of primary amides is 1. The average Bonchev–Trinajstić information content (AvgIpc) is 2.83. The fourth-order valence-electron chi connectivity index (χ4n) is 3.15. The molecule has 37 heavy (non-hydrogen) atoms. The number of rotatable bonds is 16. The van der Waals surface area contributed by atoms with Crippen LogP contribution in [0.3, 0.4) is 0 Å². The zero-order chi connectivity index (χ0) is 28.0. The fourth-order valence-corrected chi connectivity index (χ4v) is 3.40. The highest BCUT2D eigenvalue weighted by molar-refractivity contribution is 7.80. The predicted molar refractivity (Wildman–Crippen MR) is 139 cm³/mol. The van der Waals surface area contributed by atoms with Gasteiger partial charge in [0.1, 0.15) is 18.1 Å². The molecule has 0 bridgehead atoms. The predicted octanol–water partition coefficient (Wildman–Crippen LogP) is -3.05. The van der Waals surface area contributed by atoms with Crippen molar-refractivity contribution in [1.82, 2.24) is 16.0 Å². The van der Waals surface area contributed by atoms with Crippen LogP contribution < -0.4 is 38.9 Å². The molecule has 204 valence electrons. The number of nitrogens with one attached hydrogen (secondary N) is 3. The van der Waals surface area contributed by atoms with E-state index in [9.17, 15) is 29.1 Å². The minimum atomic E-state index is -1.30. The molecule has 1 aromatic carbocycles. The average molecular weight is 539 g/mol. The molecule has 15 heteroatoms. The Morgan fingerprint density at radius 3 is 2.00 bits per heavy atom. The summed E-state index contributed by atoms with van der Waals surface area (Å²) in [5.74, 6) is -4.71. The monoisotopic (exact) mass is 538 g/mol. The summed E-state index contributed by atoms with van der Waals surface area (Å²) in [6.45, 7) is 0.156. The Bertz CT molecular complexity index is 973. The highest BCUT2D eigenvalue weighted by Crippen LogP contribution is 2.07. The van der Waals surface area contributed by atoms with Crippen molar-refractivity contribution < 1.29 is 29.1 Å². The van der Waals surface area contributed by atoms with E-state index in [-0.39, 0.29) is 37.5 Å². The number of carboxylic acids is 1. The number of aliphatic carboxylic acids is 1. The zero-order valence-corrected chi connectivity index (χ0v) is 21.0. The second kappa shape index (κ2) is 16.0. The van der Waals surface area contributed by atoms with Crippen molar-refractivity contribution in [2.45, 2.75) is 49.9 Å². The van der Waals surface area contributed by atoms with Crippen molar-refractivity contribution in [2.24, 2.45) is 27.9 Å². The number of carbonyl (C=O) groups excluding carboxylic acids is 4. The van der Waals surface area contributed by atoms with E-state index in [0.717, 1.165) is 0 Å². The highest BCUT2D eigenvalue weighted by atomic mass is 32.1. The second-order valence-electron chi connectivity index (χ2n) is 8.12. The van der Waals surface area contributed by atoms with Gasteiger partial charge in [-0.3, -0.25) is 24.2 Å². The molecule has 0 radical (unpaired) electrons. The molecule has 0 fully saturated rings. The maximum Gasteiger partial charge on any atom is 0.327 e. The van der Waals surface area contributed by atoms with Crippen LogP contribution in [-0.2, 0) is 30.4 Å². The van der Waals surface area contributed by atoms with Gasteiger partial charge in [0.15, 0.2) is 5.96 Å². The normalized spacial score (nSPS) is 13.8. The van der Waals surface area contributed by atoms with Crippen molar-refractivity contribution >= 4 is 48.2 Å². The quantitative estimate of drug-likeness (QED) is 0.0447. The molecule has 0 heterocycles. The first kappa shape index (κ1) is 31.2. The number of nitrogens with zero attached hydrogens (tertiary/aromatic N) is 1. The molecule has 4 atom stereocenters. The van der Waals surface area contributed by atoms with Crippen LogP contribution in [0.25, 0.3) is 0 Å². The van der Waals surface area contributed by atoms with Crippen LogP contribution in [0.5, 0.6) is 0 Å². The van der Waals surface area contributed by atoms with Gasteiger partial charge in [-0.1, -0.05) is 30.3 Å². The Morgan fingerprint density at radius 1 is 0.892 bits per heavy atom. The summed E-state index contributed by atoms with van der Waals surface area (Å²) in [6.07, 6.45) is -0.0609. The molecular weight excluding hydrogens is 504 g/mol. The van der Waals surface area contributed by atoms with Gasteiger partial charge in [0.25, 0.3) is 0 Å². The van der Waals surface area contributed by atoms with Gasteiger partial charge < -0.3 is 44.0 Å². The number of thiol groups is 1. The summed E-state index contributed by atoms with van der Waals surface area (Å²) in [7, 11) is 0. The summed E-state index contributed by atoms with van der Waals surface area (Å²) in [5, 5.41) is 16.6. The zero-order valence-electron chi connectivity index (χ0n) is 20.1. The van der Waals surface area contributed by atoms with E-state index in [4.69, 9.17) is 22.9 Å². The van der Waals surface area contributed by atoms with E-state index in [2.05, 4.69) is 33.6 Å². The molecule has 0 aromatic heterocycles. The minimum Gasteiger partial charge on any atom is -0.480 e. The van der Waals surface area contributed by atoms with Crippen LogP contribution in [0.2, 0.25) is 0 Å². The maximum absolute atomic E-state index is 13.2. The molecule has 4 unspecified atom stereocenters. The maximum atomic E-state index is 13.2. The van der Waals surface area contributed by atoms with Gasteiger partial charge in [0.05, 0.1) is 12.5 Å². The smallest absolute Gasteiger partial charge is 0.327 e. The SMILES string of the molecule is NC(=O)CC(N)C(=O)NC(Cc1ccccc1)C(=O)NC(CCCN=C(N)N)C(=O)NC(CS)C(=O)O. The molecule has 1 rings (SSSR count). The summed E-state index contributed by atoms with van der Waals surface area (Å²) in [6, 6.07) is 3.80. The summed E-state index contributed by atoms with van der Waals surface area (Å²) >= 11 is 3.92. The topological polar surface area (TPSA) is 258 Å². The van der Waals surface area contributed by atoms with Gasteiger partial charge in [0, 0.05) is 18.7 Å². The molecule has 1 aromatic rings. The summed E-state index contributed by atoms with van der Waals surface area (Å²) in [5.41, 5.74) is 22.1.